The van der Waals surface area contributed by atoms with Crippen LogP contribution in [0.25, 0.3) is 0 Å². The molecule has 0 aliphatic heterocycles. The molecule has 3 rings (SSSR count). The number of aryl methyl sites for hydroxylation is 2. The van der Waals surface area contributed by atoms with Crippen LogP contribution >= 0.6 is 11.3 Å². The van der Waals surface area contributed by atoms with Gasteiger partial charge in [0.15, 0.2) is 5.13 Å². The number of hydrogen-bond donors (Lipinski definition) is 1. The topological polar surface area (TPSA) is 43.4 Å². The Morgan fingerprint density at radius 3 is 2.86 bits per heavy atom. The quantitative estimate of drug-likeness (QED) is 0.809. The minimum atomic E-state index is 0.171. The van der Waals surface area contributed by atoms with Crippen molar-refractivity contribution in [1.29, 1.82) is 0 Å². The number of nitrogens with one attached hydrogen (secondary N) is 1. The van der Waals surface area contributed by atoms with Crippen LogP contribution in [0.2, 0.25) is 0 Å². The monoisotopic (exact) mass is 318 g/mol. The first kappa shape index (κ1) is 15.5. The summed E-state index contributed by atoms with van der Waals surface area (Å²) in [5, 5.41) is 4.36. The first-order valence-electron chi connectivity index (χ1n) is 7.70. The lowest BCUT2D eigenvalue weighted by molar-refractivity contribution is 0.00969. The summed E-state index contributed by atoms with van der Waals surface area (Å²) in [5.74, 6) is 0. The van der Waals surface area contributed by atoms with E-state index in [1.54, 1.807) is 18.4 Å². The van der Waals surface area contributed by atoms with Crippen LogP contribution in [0.15, 0.2) is 24.3 Å². The van der Waals surface area contributed by atoms with Crippen molar-refractivity contribution in [2.45, 2.75) is 32.3 Å². The summed E-state index contributed by atoms with van der Waals surface area (Å²) < 4.78 is 11.0. The minimum Gasteiger partial charge on any atom is -0.382 e. The average Bonchev–Trinajstić information content (AvgIpc) is 2.93. The normalized spacial score (nSPS) is 17.3. The van der Waals surface area contributed by atoms with Crippen molar-refractivity contribution in [1.82, 2.24) is 4.98 Å². The Labute approximate surface area is 135 Å². The van der Waals surface area contributed by atoms with E-state index in [-0.39, 0.29) is 6.10 Å². The molecule has 0 saturated heterocycles. The highest BCUT2D eigenvalue weighted by Gasteiger charge is 2.25. The van der Waals surface area contributed by atoms with Crippen LogP contribution in [0.3, 0.4) is 0 Å². The van der Waals surface area contributed by atoms with Gasteiger partial charge in [0.2, 0.25) is 0 Å². The fourth-order valence-corrected chi connectivity index (χ4v) is 3.74. The van der Waals surface area contributed by atoms with Crippen LogP contribution in [0.1, 0.15) is 35.1 Å². The first-order valence-corrected chi connectivity index (χ1v) is 8.52. The van der Waals surface area contributed by atoms with Crippen molar-refractivity contribution in [3.63, 3.8) is 0 Å². The zero-order valence-corrected chi connectivity index (χ0v) is 13.9. The molecule has 118 valence electrons. The third-order valence-electron chi connectivity index (χ3n) is 3.81. The molecule has 1 heterocycles. The van der Waals surface area contributed by atoms with Gasteiger partial charge in [-0.25, -0.2) is 4.98 Å². The molecule has 1 aromatic carbocycles. The SMILES string of the molecule is COCCOC1CCCc2nc(Nc3ccc(C)cc3)sc21. The van der Waals surface area contributed by atoms with E-state index in [1.807, 2.05) is 0 Å². The van der Waals surface area contributed by atoms with E-state index in [9.17, 15) is 0 Å². The fraction of sp³-hybridized carbons (Fsp3) is 0.471. The van der Waals surface area contributed by atoms with Crippen LogP contribution in [0.5, 0.6) is 0 Å². The number of aromatic nitrogens is 1. The van der Waals surface area contributed by atoms with Crippen molar-refractivity contribution in [2.24, 2.45) is 0 Å². The molecule has 4 nitrogen and oxygen atoms in total. The molecule has 0 saturated carbocycles. The van der Waals surface area contributed by atoms with E-state index in [0.29, 0.717) is 13.2 Å². The number of methoxy groups -OCH3 is 1. The number of hydrogen-bond acceptors (Lipinski definition) is 5. The number of rotatable bonds is 6. The van der Waals surface area contributed by atoms with Gasteiger partial charge < -0.3 is 14.8 Å². The average molecular weight is 318 g/mol. The predicted octanol–water partition coefficient (Wildman–Crippen LogP) is 4.24. The summed E-state index contributed by atoms with van der Waals surface area (Å²) in [5.41, 5.74) is 3.53. The molecule has 1 aliphatic carbocycles. The molecule has 0 bridgehead atoms. The van der Waals surface area contributed by atoms with Gasteiger partial charge in [-0.05, 0) is 38.3 Å². The van der Waals surface area contributed by atoms with Gasteiger partial charge in [-0.2, -0.15) is 0 Å². The van der Waals surface area contributed by atoms with E-state index in [0.717, 1.165) is 30.1 Å². The molecule has 0 fully saturated rings. The summed E-state index contributed by atoms with van der Waals surface area (Å²) in [6, 6.07) is 8.38. The highest BCUT2D eigenvalue weighted by molar-refractivity contribution is 7.15. The Morgan fingerprint density at radius 1 is 1.27 bits per heavy atom. The van der Waals surface area contributed by atoms with Crippen molar-refractivity contribution in [3.8, 4) is 0 Å². The molecule has 22 heavy (non-hydrogen) atoms. The lowest BCUT2D eigenvalue weighted by Crippen LogP contribution is -2.13. The largest absolute Gasteiger partial charge is 0.382 e. The highest BCUT2D eigenvalue weighted by atomic mass is 32.1. The summed E-state index contributed by atoms with van der Waals surface area (Å²) in [7, 11) is 1.70. The van der Waals surface area contributed by atoms with Crippen molar-refractivity contribution < 1.29 is 9.47 Å². The minimum absolute atomic E-state index is 0.171. The molecule has 1 N–H and O–H groups in total. The van der Waals surface area contributed by atoms with Crippen LogP contribution < -0.4 is 5.32 Å². The second kappa shape index (κ2) is 7.22. The molecule has 0 radical (unpaired) electrons. The van der Waals surface area contributed by atoms with Crippen LogP contribution in [-0.2, 0) is 15.9 Å². The fourth-order valence-electron chi connectivity index (χ4n) is 2.63. The third kappa shape index (κ3) is 3.66. The van der Waals surface area contributed by atoms with E-state index in [2.05, 4.69) is 36.5 Å². The lowest BCUT2D eigenvalue weighted by Gasteiger charge is -2.21. The standard InChI is InChI=1S/C17H22N2O2S/c1-12-6-8-13(9-7-12)18-17-19-14-4-3-5-15(16(14)22-17)21-11-10-20-2/h6-9,15H,3-5,10-11H2,1-2H3,(H,18,19). The maximum atomic E-state index is 5.95. The van der Waals surface area contributed by atoms with Gasteiger partial charge >= 0.3 is 0 Å². The van der Waals surface area contributed by atoms with Gasteiger partial charge in [-0.1, -0.05) is 29.0 Å². The van der Waals surface area contributed by atoms with Gasteiger partial charge in [-0.15, -0.1) is 0 Å². The second-order valence-corrected chi connectivity index (χ2v) is 6.60. The summed E-state index contributed by atoms with van der Waals surface area (Å²) in [4.78, 5) is 6.02. The van der Waals surface area contributed by atoms with Crippen molar-refractivity contribution >= 4 is 22.2 Å². The number of thiazole rings is 1. The number of fused-ring (bicyclic) bond motifs is 1. The Morgan fingerprint density at radius 2 is 2.09 bits per heavy atom. The Kier molecular flexibility index (Phi) is 5.08. The Bertz CT molecular complexity index is 610. The number of benzene rings is 1. The zero-order valence-electron chi connectivity index (χ0n) is 13.1. The van der Waals surface area contributed by atoms with Crippen LogP contribution in [0, 0.1) is 6.92 Å². The summed E-state index contributed by atoms with van der Waals surface area (Å²) in [6.45, 7) is 3.37. The van der Waals surface area contributed by atoms with Gasteiger partial charge in [0.25, 0.3) is 0 Å². The van der Waals surface area contributed by atoms with Crippen LogP contribution in [0.4, 0.5) is 10.8 Å². The van der Waals surface area contributed by atoms with E-state index < -0.39 is 0 Å². The van der Waals surface area contributed by atoms with E-state index in [4.69, 9.17) is 14.5 Å². The predicted molar refractivity (Wildman–Crippen MR) is 90.1 cm³/mol. The number of nitrogens with zero attached hydrogens (tertiary/aromatic N) is 1. The Hall–Kier alpha value is -1.43. The maximum absolute atomic E-state index is 5.95. The summed E-state index contributed by atoms with van der Waals surface area (Å²) >= 11 is 1.71. The molecular formula is C17H22N2O2S. The van der Waals surface area contributed by atoms with E-state index >= 15 is 0 Å². The molecule has 2 aromatic rings. The molecule has 1 unspecified atom stereocenters. The maximum Gasteiger partial charge on any atom is 0.187 e. The van der Waals surface area contributed by atoms with Gasteiger partial charge in [-0.3, -0.25) is 0 Å². The molecule has 0 amide bonds. The van der Waals surface area contributed by atoms with Crippen LogP contribution in [-0.4, -0.2) is 25.3 Å². The molecule has 5 heteroatoms. The van der Waals surface area contributed by atoms with Gasteiger partial charge in [0.05, 0.1) is 29.9 Å². The van der Waals surface area contributed by atoms with E-state index in [1.165, 1.54) is 16.1 Å². The van der Waals surface area contributed by atoms with Gasteiger partial charge in [0, 0.05) is 12.8 Å². The summed E-state index contributed by atoms with van der Waals surface area (Å²) in [6.07, 6.45) is 3.43. The lowest BCUT2D eigenvalue weighted by atomic mass is 10.0. The molecule has 1 aromatic heterocycles. The van der Waals surface area contributed by atoms with Crippen molar-refractivity contribution in [2.75, 3.05) is 25.6 Å². The highest BCUT2D eigenvalue weighted by Crippen LogP contribution is 2.39. The van der Waals surface area contributed by atoms with Crippen molar-refractivity contribution in [3.05, 3.63) is 40.4 Å². The first-order chi connectivity index (χ1) is 10.8. The smallest absolute Gasteiger partial charge is 0.187 e. The second-order valence-electron chi connectivity index (χ2n) is 5.57. The third-order valence-corrected chi connectivity index (χ3v) is 4.91. The molecule has 0 spiro atoms. The molecule has 1 atom stereocenters. The molecular weight excluding hydrogens is 296 g/mol. The Balaban J connectivity index is 1.71. The number of ether oxygens (including phenoxy) is 2. The van der Waals surface area contributed by atoms with Gasteiger partial charge in [0.1, 0.15) is 0 Å². The molecule has 1 aliphatic rings. The zero-order chi connectivity index (χ0) is 15.4. The number of anilines is 2.